The molecule has 1 N–H and O–H groups in total. The second-order valence-corrected chi connectivity index (χ2v) is 10.2. The number of amides is 3. The second kappa shape index (κ2) is 9.45. The highest BCUT2D eigenvalue weighted by molar-refractivity contribution is 5.91. The number of nitrogens with zero attached hydrogens (tertiary/aromatic N) is 3. The van der Waals surface area contributed by atoms with Gasteiger partial charge >= 0.3 is 18.3 Å². The highest BCUT2D eigenvalue weighted by atomic mass is 19.2. The van der Waals surface area contributed by atoms with Crippen LogP contribution in [0.1, 0.15) is 49.3 Å². The Morgan fingerprint density at radius 3 is 2.34 bits per heavy atom. The third-order valence-electron chi connectivity index (χ3n) is 7.98. The minimum absolute atomic E-state index is 0.0304. The summed E-state index contributed by atoms with van der Waals surface area (Å²) in [6.45, 7) is 0.367. The van der Waals surface area contributed by atoms with E-state index >= 15 is 0 Å². The van der Waals surface area contributed by atoms with Crippen LogP contribution in [0.15, 0.2) is 42.5 Å². The lowest BCUT2D eigenvalue weighted by Crippen LogP contribution is -2.63. The van der Waals surface area contributed by atoms with Crippen LogP contribution < -0.4 is 4.90 Å². The number of benzene rings is 2. The van der Waals surface area contributed by atoms with E-state index in [4.69, 9.17) is 14.6 Å². The van der Waals surface area contributed by atoms with Crippen LogP contribution in [0.5, 0.6) is 0 Å². The second-order valence-electron chi connectivity index (χ2n) is 10.2. The van der Waals surface area contributed by atoms with E-state index in [-0.39, 0.29) is 30.3 Å². The van der Waals surface area contributed by atoms with Gasteiger partial charge in [0.1, 0.15) is 6.61 Å². The molecule has 2 aliphatic heterocycles. The first-order valence-corrected chi connectivity index (χ1v) is 12.8. The van der Waals surface area contributed by atoms with E-state index in [0.29, 0.717) is 31.4 Å². The Morgan fingerprint density at radius 1 is 1.00 bits per heavy atom. The molecule has 2 aromatic rings. The van der Waals surface area contributed by atoms with Gasteiger partial charge in [0.2, 0.25) is 0 Å². The van der Waals surface area contributed by atoms with Crippen molar-refractivity contribution in [1.29, 1.82) is 0 Å². The number of carboxylic acid groups (broad SMARTS) is 1. The summed E-state index contributed by atoms with van der Waals surface area (Å²) in [6, 6.07) is 9.79. The fourth-order valence-corrected chi connectivity index (χ4v) is 5.81. The third kappa shape index (κ3) is 4.19. The van der Waals surface area contributed by atoms with E-state index in [2.05, 4.69) is 0 Å². The average molecular weight is 528 g/mol. The zero-order valence-electron chi connectivity index (χ0n) is 20.5. The Balaban J connectivity index is 1.33. The fraction of sp³-hybridized carbons (Fsp3) is 0.444. The topological polar surface area (TPSA) is 99.6 Å². The van der Waals surface area contributed by atoms with Crippen molar-refractivity contribution >= 4 is 24.0 Å². The Morgan fingerprint density at radius 2 is 1.74 bits per heavy atom. The number of fused-ring (bicyclic) bond motifs is 2. The molecule has 9 nitrogen and oxygen atoms in total. The zero-order chi connectivity index (χ0) is 26.6. The normalized spacial score (nSPS) is 25.3. The van der Waals surface area contributed by atoms with Gasteiger partial charge in [0.15, 0.2) is 17.9 Å². The molecule has 1 saturated heterocycles. The van der Waals surface area contributed by atoms with Crippen molar-refractivity contribution in [3.63, 3.8) is 0 Å². The summed E-state index contributed by atoms with van der Waals surface area (Å²) in [6.07, 6.45) is 0.203. The molecule has 200 valence electrons. The number of ether oxygens (including phenoxy) is 2. The van der Waals surface area contributed by atoms with Crippen LogP contribution in [0, 0.1) is 17.6 Å². The molecule has 38 heavy (non-hydrogen) atoms. The van der Waals surface area contributed by atoms with Crippen LogP contribution in [0.3, 0.4) is 0 Å². The zero-order valence-corrected chi connectivity index (χ0v) is 20.5. The van der Waals surface area contributed by atoms with Crippen LogP contribution >= 0.6 is 0 Å². The quantitative estimate of drug-likeness (QED) is 0.533. The third-order valence-corrected chi connectivity index (χ3v) is 7.98. The van der Waals surface area contributed by atoms with Gasteiger partial charge in [0.05, 0.1) is 11.7 Å². The van der Waals surface area contributed by atoms with Crippen LogP contribution in [-0.4, -0.2) is 58.0 Å². The molecule has 2 saturated carbocycles. The molecular weight excluding hydrogens is 500 g/mol. The standard InChI is InChI=1S/C27H27F2N3O6/c28-19-12-18-22(13-20(19)29)32(26(34)37-14-15-4-2-1-3-5-15)21-9-8-17(21)24(18)31(16-6-7-16)25(33)30-11-10-23(30)38-27(35)36/h1-5,12-13,16-17,21,23-24H,6-11,14H2,(H,35,36)/t17-,21+,23+,24+/m0/s1. The van der Waals surface area contributed by atoms with Gasteiger partial charge in [0.25, 0.3) is 0 Å². The van der Waals surface area contributed by atoms with E-state index < -0.39 is 42.2 Å². The van der Waals surface area contributed by atoms with Gasteiger partial charge in [-0.25, -0.2) is 23.2 Å². The minimum atomic E-state index is -1.46. The first-order chi connectivity index (χ1) is 18.3. The predicted octanol–water partition coefficient (Wildman–Crippen LogP) is 5.25. The summed E-state index contributed by atoms with van der Waals surface area (Å²) in [5.74, 6) is -2.37. The summed E-state index contributed by atoms with van der Waals surface area (Å²) in [5.41, 5.74) is 1.33. The first-order valence-electron chi connectivity index (χ1n) is 12.8. The van der Waals surface area contributed by atoms with Gasteiger partial charge < -0.3 is 19.5 Å². The van der Waals surface area contributed by atoms with Gasteiger partial charge in [-0.3, -0.25) is 9.80 Å². The molecule has 3 amide bonds. The van der Waals surface area contributed by atoms with E-state index in [1.807, 2.05) is 30.3 Å². The van der Waals surface area contributed by atoms with Crippen LogP contribution in [0.4, 0.5) is 28.9 Å². The van der Waals surface area contributed by atoms with Crippen molar-refractivity contribution in [3.8, 4) is 0 Å². The van der Waals surface area contributed by atoms with E-state index in [1.54, 1.807) is 4.90 Å². The van der Waals surface area contributed by atoms with Crippen molar-refractivity contribution < 1.29 is 37.7 Å². The number of hydrogen-bond acceptors (Lipinski definition) is 5. The molecule has 11 heteroatoms. The predicted molar refractivity (Wildman–Crippen MR) is 129 cm³/mol. The number of likely N-dealkylation sites (tertiary alicyclic amines) is 1. The van der Waals surface area contributed by atoms with Crippen molar-refractivity contribution in [2.75, 3.05) is 11.4 Å². The number of halogens is 2. The van der Waals surface area contributed by atoms with Crippen LogP contribution in [0.25, 0.3) is 0 Å². The minimum Gasteiger partial charge on any atom is -0.450 e. The highest BCUT2D eigenvalue weighted by Gasteiger charge is 2.55. The lowest BCUT2D eigenvalue weighted by atomic mass is 9.68. The number of hydrogen-bond donors (Lipinski definition) is 1. The molecule has 6 rings (SSSR count). The molecule has 2 aromatic carbocycles. The maximum atomic E-state index is 14.6. The maximum Gasteiger partial charge on any atom is 0.507 e. The maximum absolute atomic E-state index is 14.6. The van der Waals surface area contributed by atoms with Gasteiger partial charge in [-0.2, -0.15) is 0 Å². The Bertz CT molecular complexity index is 1270. The van der Waals surface area contributed by atoms with Gasteiger partial charge in [-0.1, -0.05) is 30.3 Å². The summed E-state index contributed by atoms with van der Waals surface area (Å²) < 4.78 is 39.6. The van der Waals surface area contributed by atoms with E-state index in [1.165, 1.54) is 9.80 Å². The van der Waals surface area contributed by atoms with Gasteiger partial charge in [-0.05, 0) is 37.3 Å². The monoisotopic (exact) mass is 527 g/mol. The molecule has 2 aliphatic carbocycles. The summed E-state index contributed by atoms with van der Waals surface area (Å²) in [4.78, 5) is 42.5. The van der Waals surface area contributed by atoms with Crippen molar-refractivity contribution in [3.05, 3.63) is 65.2 Å². The van der Waals surface area contributed by atoms with E-state index in [9.17, 15) is 23.2 Å². The highest BCUT2D eigenvalue weighted by Crippen LogP contribution is 2.55. The molecule has 0 bridgehead atoms. The smallest absolute Gasteiger partial charge is 0.450 e. The lowest BCUT2D eigenvalue weighted by molar-refractivity contribution is -0.0805. The van der Waals surface area contributed by atoms with Crippen molar-refractivity contribution in [1.82, 2.24) is 9.80 Å². The molecular formula is C27H27F2N3O6. The number of rotatable bonds is 5. The number of urea groups is 1. The molecule has 4 atom stereocenters. The van der Waals surface area contributed by atoms with Crippen molar-refractivity contribution in [2.45, 2.75) is 63.1 Å². The number of anilines is 1. The summed E-state index contributed by atoms with van der Waals surface area (Å²) in [7, 11) is 0. The SMILES string of the molecule is O=C(O)O[C@@H]1CCN1C(=O)N(C1CC1)[C@H]1c2cc(F)c(F)cc2N(C(=O)OCc2ccccc2)[C@@H]2CC[C@@H]21. The number of carbonyl (C=O) groups excluding carboxylic acids is 2. The number of carbonyl (C=O) groups is 3. The lowest BCUT2D eigenvalue weighted by Gasteiger charge is -2.55. The first kappa shape index (κ1) is 24.4. The largest absolute Gasteiger partial charge is 0.507 e. The fourth-order valence-electron chi connectivity index (χ4n) is 5.81. The molecule has 0 spiro atoms. The van der Waals surface area contributed by atoms with Crippen LogP contribution in [0.2, 0.25) is 0 Å². The molecule has 3 fully saturated rings. The summed E-state index contributed by atoms with van der Waals surface area (Å²) in [5, 5.41) is 9.03. The Labute approximate surface area is 217 Å². The molecule has 2 heterocycles. The van der Waals surface area contributed by atoms with Crippen molar-refractivity contribution in [2.24, 2.45) is 5.92 Å². The van der Waals surface area contributed by atoms with Crippen LogP contribution in [-0.2, 0) is 16.1 Å². The Kier molecular flexibility index (Phi) is 6.08. The van der Waals surface area contributed by atoms with Gasteiger partial charge in [-0.15, -0.1) is 0 Å². The molecule has 4 aliphatic rings. The molecule has 0 unspecified atom stereocenters. The molecule has 0 radical (unpaired) electrons. The van der Waals surface area contributed by atoms with E-state index in [0.717, 1.165) is 30.5 Å². The summed E-state index contributed by atoms with van der Waals surface area (Å²) >= 11 is 0. The Hall–Kier alpha value is -3.89. The average Bonchev–Trinajstić information content (AvgIpc) is 3.69. The molecule has 0 aromatic heterocycles. The van der Waals surface area contributed by atoms with Gasteiger partial charge in [0, 0.05) is 42.6 Å².